The van der Waals surface area contributed by atoms with Gasteiger partial charge in [-0.1, -0.05) is 28.4 Å². The van der Waals surface area contributed by atoms with E-state index in [1.54, 1.807) is 30.5 Å². The van der Waals surface area contributed by atoms with Crippen molar-refractivity contribution in [1.29, 1.82) is 0 Å². The van der Waals surface area contributed by atoms with Crippen molar-refractivity contribution in [1.82, 2.24) is 9.71 Å². The average molecular weight is 371 g/mol. The number of aryl methyl sites for hydroxylation is 1. The number of rotatable bonds is 7. The van der Waals surface area contributed by atoms with Gasteiger partial charge in [-0.2, -0.15) is 0 Å². The van der Waals surface area contributed by atoms with Crippen LogP contribution in [0, 0.1) is 6.92 Å². The monoisotopic (exact) mass is 370 g/mol. The van der Waals surface area contributed by atoms with Crippen LogP contribution in [0.1, 0.15) is 24.8 Å². The van der Waals surface area contributed by atoms with Crippen LogP contribution in [-0.2, 0) is 10.0 Å². The minimum Gasteiger partial charge on any atom is -0.256 e. The summed E-state index contributed by atoms with van der Waals surface area (Å²) in [5.74, 6) is 0. The van der Waals surface area contributed by atoms with E-state index < -0.39 is 10.0 Å². The molecule has 0 saturated carbocycles. The van der Waals surface area contributed by atoms with Crippen LogP contribution in [0.3, 0.4) is 0 Å². The molecule has 0 spiro atoms. The minimum absolute atomic E-state index is 0.302. The first-order valence-electron chi connectivity index (χ1n) is 6.96. The zero-order chi connectivity index (χ0) is 15.3. The van der Waals surface area contributed by atoms with E-state index in [0.29, 0.717) is 16.8 Å². The first-order valence-corrected chi connectivity index (χ1v) is 9.56. The lowest BCUT2D eigenvalue weighted by Gasteiger charge is -2.10. The van der Waals surface area contributed by atoms with E-state index in [1.807, 2.05) is 6.92 Å². The van der Waals surface area contributed by atoms with Crippen LogP contribution in [0.2, 0.25) is 0 Å². The fourth-order valence-corrected chi connectivity index (χ4v) is 3.87. The van der Waals surface area contributed by atoms with E-state index in [1.165, 1.54) is 0 Å². The fraction of sp³-hybridized carbons (Fsp3) is 0.400. The lowest BCUT2D eigenvalue weighted by Crippen LogP contribution is -2.25. The first-order chi connectivity index (χ1) is 10.1. The highest BCUT2D eigenvalue weighted by molar-refractivity contribution is 9.09. The summed E-state index contributed by atoms with van der Waals surface area (Å²) in [7, 11) is -3.49. The SMILES string of the molecule is Cc1ccc(S(=O)(=O)NCCCCCBr)c2cccnc12. The topological polar surface area (TPSA) is 59.1 Å². The van der Waals surface area contributed by atoms with E-state index >= 15 is 0 Å². The molecule has 0 saturated heterocycles. The number of nitrogens with zero attached hydrogens (tertiary/aromatic N) is 1. The smallest absolute Gasteiger partial charge is 0.241 e. The maximum absolute atomic E-state index is 12.4. The minimum atomic E-state index is -3.49. The van der Waals surface area contributed by atoms with Crippen LogP contribution in [0.15, 0.2) is 35.4 Å². The Balaban J connectivity index is 2.23. The molecule has 0 bridgehead atoms. The predicted molar refractivity (Wildman–Crippen MR) is 89.3 cm³/mol. The molecule has 0 radical (unpaired) electrons. The Morgan fingerprint density at radius 1 is 1.19 bits per heavy atom. The Morgan fingerprint density at radius 2 is 2.00 bits per heavy atom. The molecule has 1 heterocycles. The summed E-state index contributed by atoms with van der Waals surface area (Å²) in [6, 6.07) is 7.01. The van der Waals surface area contributed by atoms with E-state index in [0.717, 1.165) is 35.7 Å². The summed E-state index contributed by atoms with van der Waals surface area (Å²) in [6.07, 6.45) is 4.58. The number of pyridine rings is 1. The molecule has 0 amide bonds. The number of hydrogen-bond donors (Lipinski definition) is 1. The molecular weight excluding hydrogens is 352 g/mol. The lowest BCUT2D eigenvalue weighted by molar-refractivity contribution is 0.577. The maximum atomic E-state index is 12.4. The summed E-state index contributed by atoms with van der Waals surface area (Å²) in [6.45, 7) is 2.39. The van der Waals surface area contributed by atoms with Gasteiger partial charge in [0.25, 0.3) is 0 Å². The number of unbranched alkanes of at least 4 members (excludes halogenated alkanes) is 2. The van der Waals surface area contributed by atoms with Gasteiger partial charge in [-0.15, -0.1) is 0 Å². The Morgan fingerprint density at radius 3 is 2.76 bits per heavy atom. The lowest BCUT2D eigenvalue weighted by atomic mass is 10.1. The Hall–Kier alpha value is -0.980. The number of benzene rings is 1. The Kier molecular flexibility index (Phi) is 5.72. The molecule has 0 fully saturated rings. The number of hydrogen-bond acceptors (Lipinski definition) is 3. The molecule has 0 aliphatic carbocycles. The molecule has 1 N–H and O–H groups in total. The number of nitrogens with one attached hydrogen (secondary N) is 1. The number of aromatic nitrogens is 1. The van der Waals surface area contributed by atoms with Crippen LogP contribution in [0.4, 0.5) is 0 Å². The van der Waals surface area contributed by atoms with E-state index in [9.17, 15) is 8.42 Å². The second-order valence-electron chi connectivity index (χ2n) is 4.93. The normalized spacial score (nSPS) is 11.9. The molecule has 0 unspecified atom stereocenters. The second kappa shape index (κ2) is 7.33. The zero-order valence-corrected chi connectivity index (χ0v) is 14.4. The van der Waals surface area contributed by atoms with E-state index in [-0.39, 0.29) is 0 Å². The quantitative estimate of drug-likeness (QED) is 0.600. The summed E-state index contributed by atoms with van der Waals surface area (Å²) >= 11 is 3.37. The molecule has 21 heavy (non-hydrogen) atoms. The molecule has 6 heteroatoms. The number of sulfonamides is 1. The van der Waals surface area contributed by atoms with Crippen molar-refractivity contribution in [2.45, 2.75) is 31.1 Å². The Labute approximate surface area is 134 Å². The van der Waals surface area contributed by atoms with Gasteiger partial charge in [0.2, 0.25) is 10.0 Å². The van der Waals surface area contributed by atoms with Crippen molar-refractivity contribution in [2.75, 3.05) is 11.9 Å². The van der Waals surface area contributed by atoms with Crippen LogP contribution in [-0.4, -0.2) is 25.3 Å². The summed E-state index contributed by atoms with van der Waals surface area (Å²) in [4.78, 5) is 4.58. The van der Waals surface area contributed by atoms with Gasteiger partial charge in [0.1, 0.15) is 0 Å². The van der Waals surface area contributed by atoms with Gasteiger partial charge in [0.15, 0.2) is 0 Å². The predicted octanol–water partition coefficient (Wildman–Crippen LogP) is 3.39. The van der Waals surface area contributed by atoms with Crippen molar-refractivity contribution in [2.24, 2.45) is 0 Å². The van der Waals surface area contributed by atoms with Crippen molar-refractivity contribution in [3.8, 4) is 0 Å². The van der Waals surface area contributed by atoms with Gasteiger partial charge in [-0.25, -0.2) is 13.1 Å². The van der Waals surface area contributed by atoms with Crippen LogP contribution < -0.4 is 4.72 Å². The van der Waals surface area contributed by atoms with Gasteiger partial charge in [0.05, 0.1) is 10.4 Å². The third-order valence-electron chi connectivity index (χ3n) is 3.32. The van der Waals surface area contributed by atoms with Crippen molar-refractivity contribution >= 4 is 36.9 Å². The van der Waals surface area contributed by atoms with Crippen molar-refractivity contribution in [3.63, 3.8) is 0 Å². The number of alkyl halides is 1. The third-order valence-corrected chi connectivity index (χ3v) is 5.40. The molecular formula is C15H19BrN2O2S. The van der Waals surface area contributed by atoms with Gasteiger partial charge < -0.3 is 0 Å². The molecule has 2 rings (SSSR count). The van der Waals surface area contributed by atoms with E-state index in [4.69, 9.17) is 0 Å². The highest BCUT2D eigenvalue weighted by atomic mass is 79.9. The molecule has 114 valence electrons. The van der Waals surface area contributed by atoms with Gasteiger partial charge in [-0.3, -0.25) is 4.98 Å². The zero-order valence-electron chi connectivity index (χ0n) is 12.0. The summed E-state index contributed by atoms with van der Waals surface area (Å²) < 4.78 is 27.6. The third kappa shape index (κ3) is 4.02. The molecule has 0 aliphatic rings. The Bertz CT molecular complexity index is 717. The maximum Gasteiger partial charge on any atom is 0.241 e. The van der Waals surface area contributed by atoms with Gasteiger partial charge in [-0.05, 0) is 43.5 Å². The van der Waals surface area contributed by atoms with E-state index in [2.05, 4.69) is 25.6 Å². The standard InChI is InChI=1S/C15H19BrN2O2S/c1-12-7-8-14(13-6-5-10-17-15(12)13)21(19,20)18-11-4-2-3-9-16/h5-8,10,18H,2-4,9,11H2,1H3. The van der Waals surface area contributed by atoms with Crippen LogP contribution in [0.5, 0.6) is 0 Å². The number of fused-ring (bicyclic) bond motifs is 1. The molecule has 4 nitrogen and oxygen atoms in total. The van der Waals surface area contributed by atoms with Crippen LogP contribution in [0.25, 0.3) is 10.9 Å². The largest absolute Gasteiger partial charge is 0.256 e. The number of halogens is 1. The van der Waals surface area contributed by atoms with Crippen LogP contribution >= 0.6 is 15.9 Å². The molecule has 1 aromatic carbocycles. The highest BCUT2D eigenvalue weighted by Crippen LogP contribution is 2.23. The highest BCUT2D eigenvalue weighted by Gasteiger charge is 2.17. The summed E-state index contributed by atoms with van der Waals surface area (Å²) in [5.41, 5.74) is 1.71. The van der Waals surface area contributed by atoms with Gasteiger partial charge in [0, 0.05) is 23.5 Å². The first kappa shape index (κ1) is 16.4. The van der Waals surface area contributed by atoms with Crippen molar-refractivity contribution < 1.29 is 8.42 Å². The second-order valence-corrected chi connectivity index (χ2v) is 7.46. The molecule has 1 aromatic heterocycles. The molecule has 2 aromatic rings. The summed E-state index contributed by atoms with van der Waals surface area (Å²) in [5, 5.41) is 1.62. The fourth-order valence-electron chi connectivity index (χ4n) is 2.20. The average Bonchev–Trinajstić information content (AvgIpc) is 2.47. The molecule has 0 atom stereocenters. The molecule has 0 aliphatic heterocycles. The van der Waals surface area contributed by atoms with Gasteiger partial charge >= 0.3 is 0 Å². The van der Waals surface area contributed by atoms with Crippen molar-refractivity contribution in [3.05, 3.63) is 36.0 Å².